The van der Waals surface area contributed by atoms with Crippen LogP contribution in [0.15, 0.2) is 28.8 Å². The summed E-state index contributed by atoms with van der Waals surface area (Å²) < 4.78 is 5.45. The lowest BCUT2D eigenvalue weighted by atomic mass is 9.99. The largest absolute Gasteiger partial charge is 0.339 e. The third kappa shape index (κ3) is 4.14. The third-order valence-corrected chi connectivity index (χ3v) is 3.87. The second-order valence-electron chi connectivity index (χ2n) is 5.57. The molecule has 4 nitrogen and oxygen atoms in total. The minimum absolute atomic E-state index is 0.231. The van der Waals surface area contributed by atoms with Crippen LogP contribution in [0.4, 0.5) is 0 Å². The van der Waals surface area contributed by atoms with Gasteiger partial charge in [0.05, 0.1) is 5.92 Å². The molecule has 0 fully saturated rings. The SMILES string of the molecule is CCNC(CC)C(C)c1nc(Cc2ccc(C)cc2)no1. The van der Waals surface area contributed by atoms with E-state index >= 15 is 0 Å². The maximum Gasteiger partial charge on any atom is 0.231 e. The van der Waals surface area contributed by atoms with Gasteiger partial charge in [-0.05, 0) is 25.5 Å². The molecule has 2 unspecified atom stereocenters. The molecule has 0 aliphatic rings. The molecule has 114 valence electrons. The Morgan fingerprint density at radius 2 is 1.90 bits per heavy atom. The van der Waals surface area contributed by atoms with Crippen molar-refractivity contribution in [3.05, 3.63) is 47.1 Å². The van der Waals surface area contributed by atoms with Crippen LogP contribution >= 0.6 is 0 Å². The van der Waals surface area contributed by atoms with E-state index in [9.17, 15) is 0 Å². The van der Waals surface area contributed by atoms with Gasteiger partial charge >= 0.3 is 0 Å². The van der Waals surface area contributed by atoms with Crippen LogP contribution in [0.1, 0.15) is 56.0 Å². The first-order valence-corrected chi connectivity index (χ1v) is 7.75. The zero-order chi connectivity index (χ0) is 15.2. The van der Waals surface area contributed by atoms with Gasteiger partial charge in [-0.15, -0.1) is 0 Å². The molecule has 0 spiro atoms. The summed E-state index contributed by atoms with van der Waals surface area (Å²) in [5.74, 6) is 1.71. The number of benzene rings is 1. The van der Waals surface area contributed by atoms with Crippen LogP contribution in [0.25, 0.3) is 0 Å². The molecule has 0 radical (unpaired) electrons. The van der Waals surface area contributed by atoms with Gasteiger partial charge in [0.15, 0.2) is 5.82 Å². The highest BCUT2D eigenvalue weighted by atomic mass is 16.5. The van der Waals surface area contributed by atoms with Crippen LogP contribution in [0, 0.1) is 6.92 Å². The second kappa shape index (κ2) is 7.36. The molecular formula is C17H25N3O. The van der Waals surface area contributed by atoms with Crippen molar-refractivity contribution in [2.45, 2.75) is 52.5 Å². The second-order valence-corrected chi connectivity index (χ2v) is 5.57. The van der Waals surface area contributed by atoms with E-state index in [0.29, 0.717) is 12.5 Å². The summed E-state index contributed by atoms with van der Waals surface area (Å²) in [5, 5.41) is 7.59. The minimum Gasteiger partial charge on any atom is -0.339 e. The number of nitrogens with zero attached hydrogens (tertiary/aromatic N) is 2. The van der Waals surface area contributed by atoms with Gasteiger partial charge in [0, 0.05) is 12.5 Å². The van der Waals surface area contributed by atoms with Gasteiger partial charge in [-0.1, -0.05) is 55.8 Å². The highest BCUT2D eigenvalue weighted by Gasteiger charge is 2.22. The molecule has 2 atom stereocenters. The summed E-state index contributed by atoms with van der Waals surface area (Å²) >= 11 is 0. The highest BCUT2D eigenvalue weighted by molar-refractivity contribution is 5.23. The molecule has 1 aromatic heterocycles. The third-order valence-electron chi connectivity index (χ3n) is 3.87. The van der Waals surface area contributed by atoms with E-state index in [1.54, 1.807) is 0 Å². The Balaban J connectivity index is 2.05. The van der Waals surface area contributed by atoms with Gasteiger partial charge in [-0.25, -0.2) is 0 Å². The van der Waals surface area contributed by atoms with Gasteiger partial charge in [-0.3, -0.25) is 0 Å². The average Bonchev–Trinajstić information content (AvgIpc) is 2.95. The van der Waals surface area contributed by atoms with Crippen LogP contribution in [-0.4, -0.2) is 22.7 Å². The Hall–Kier alpha value is -1.68. The number of aryl methyl sites for hydroxylation is 1. The van der Waals surface area contributed by atoms with Crippen LogP contribution in [0.2, 0.25) is 0 Å². The molecule has 0 saturated heterocycles. The van der Waals surface area contributed by atoms with E-state index in [4.69, 9.17) is 4.52 Å². The molecule has 4 heteroatoms. The summed E-state index contributed by atoms with van der Waals surface area (Å²) in [6.07, 6.45) is 1.76. The van der Waals surface area contributed by atoms with Crippen molar-refractivity contribution in [3.8, 4) is 0 Å². The Kier molecular flexibility index (Phi) is 5.51. The number of hydrogen-bond acceptors (Lipinski definition) is 4. The van der Waals surface area contributed by atoms with Crippen LogP contribution in [-0.2, 0) is 6.42 Å². The van der Waals surface area contributed by atoms with Crippen molar-refractivity contribution in [1.29, 1.82) is 0 Å². The minimum atomic E-state index is 0.231. The molecule has 2 rings (SSSR count). The molecular weight excluding hydrogens is 262 g/mol. The molecule has 0 bridgehead atoms. The fourth-order valence-electron chi connectivity index (χ4n) is 2.52. The lowest BCUT2D eigenvalue weighted by Gasteiger charge is -2.20. The summed E-state index contributed by atoms with van der Waals surface area (Å²) in [4.78, 5) is 4.56. The van der Waals surface area contributed by atoms with Crippen molar-refractivity contribution in [3.63, 3.8) is 0 Å². The first-order valence-electron chi connectivity index (χ1n) is 7.75. The zero-order valence-electron chi connectivity index (χ0n) is 13.4. The fraction of sp³-hybridized carbons (Fsp3) is 0.529. The normalized spacial score (nSPS) is 14.1. The van der Waals surface area contributed by atoms with Gasteiger partial charge in [0.2, 0.25) is 5.89 Å². The topological polar surface area (TPSA) is 51.0 Å². The van der Waals surface area contributed by atoms with Gasteiger partial charge in [0.1, 0.15) is 0 Å². The predicted octanol–water partition coefficient (Wildman–Crippen LogP) is 3.46. The molecule has 0 amide bonds. The zero-order valence-corrected chi connectivity index (χ0v) is 13.4. The van der Waals surface area contributed by atoms with Crippen LogP contribution in [0.3, 0.4) is 0 Å². The fourth-order valence-corrected chi connectivity index (χ4v) is 2.52. The van der Waals surface area contributed by atoms with Crippen molar-refractivity contribution >= 4 is 0 Å². The lowest BCUT2D eigenvalue weighted by Crippen LogP contribution is -2.33. The van der Waals surface area contributed by atoms with Gasteiger partial charge in [0.25, 0.3) is 0 Å². The Morgan fingerprint density at radius 1 is 1.19 bits per heavy atom. The summed E-state index contributed by atoms with van der Waals surface area (Å²) in [5.41, 5.74) is 2.47. The maximum atomic E-state index is 5.45. The molecule has 0 aliphatic heterocycles. The monoisotopic (exact) mass is 287 g/mol. The van der Waals surface area contributed by atoms with E-state index in [-0.39, 0.29) is 5.92 Å². The van der Waals surface area contributed by atoms with Crippen LogP contribution < -0.4 is 5.32 Å². The molecule has 0 aliphatic carbocycles. The Labute approximate surface area is 127 Å². The summed E-state index contributed by atoms with van der Waals surface area (Å²) in [6, 6.07) is 8.82. The van der Waals surface area contributed by atoms with Crippen LogP contribution in [0.5, 0.6) is 0 Å². The Morgan fingerprint density at radius 3 is 2.52 bits per heavy atom. The predicted molar refractivity (Wildman–Crippen MR) is 84.5 cm³/mol. The van der Waals surface area contributed by atoms with Crippen molar-refractivity contribution in [2.24, 2.45) is 0 Å². The maximum absolute atomic E-state index is 5.45. The molecule has 1 N–H and O–H groups in total. The number of nitrogens with one attached hydrogen (secondary N) is 1. The number of likely N-dealkylation sites (N-methyl/N-ethyl adjacent to an activating group) is 1. The molecule has 21 heavy (non-hydrogen) atoms. The number of hydrogen-bond donors (Lipinski definition) is 1. The van der Waals surface area contributed by atoms with Crippen molar-refractivity contribution in [1.82, 2.24) is 15.5 Å². The van der Waals surface area contributed by atoms with E-state index in [0.717, 1.165) is 24.7 Å². The average molecular weight is 287 g/mol. The quantitative estimate of drug-likeness (QED) is 0.847. The van der Waals surface area contributed by atoms with E-state index < -0.39 is 0 Å². The molecule has 0 saturated carbocycles. The lowest BCUT2D eigenvalue weighted by molar-refractivity contribution is 0.319. The first-order chi connectivity index (χ1) is 10.1. The smallest absolute Gasteiger partial charge is 0.231 e. The molecule has 1 heterocycles. The standard InChI is InChI=1S/C17H25N3O/c1-5-15(18-6-2)13(4)17-19-16(20-21-17)11-14-9-7-12(3)8-10-14/h7-10,13,15,18H,5-6,11H2,1-4H3. The molecule has 1 aromatic carbocycles. The number of aromatic nitrogens is 2. The summed E-state index contributed by atoms with van der Waals surface area (Å²) in [6.45, 7) is 9.47. The van der Waals surface area contributed by atoms with Crippen molar-refractivity contribution in [2.75, 3.05) is 6.54 Å². The highest BCUT2D eigenvalue weighted by Crippen LogP contribution is 2.20. The first kappa shape index (κ1) is 15.7. The van der Waals surface area contributed by atoms with Gasteiger partial charge in [-0.2, -0.15) is 4.98 Å². The number of rotatable bonds is 7. The van der Waals surface area contributed by atoms with E-state index in [2.05, 4.69) is 67.4 Å². The Bertz CT molecular complexity index is 547. The van der Waals surface area contributed by atoms with E-state index in [1.165, 1.54) is 11.1 Å². The summed E-state index contributed by atoms with van der Waals surface area (Å²) in [7, 11) is 0. The van der Waals surface area contributed by atoms with Crippen molar-refractivity contribution < 1.29 is 4.52 Å². The van der Waals surface area contributed by atoms with Gasteiger partial charge < -0.3 is 9.84 Å². The molecule has 2 aromatic rings. The van der Waals surface area contributed by atoms with E-state index in [1.807, 2.05) is 0 Å².